The Morgan fingerprint density at radius 3 is 0.907 bits per heavy atom. The molecule has 0 N–H and O–H groups in total. The summed E-state index contributed by atoms with van der Waals surface area (Å²) in [6.45, 7) is 5.64. The van der Waals surface area contributed by atoms with Gasteiger partial charge in [0.2, 0.25) is 33.5 Å². The van der Waals surface area contributed by atoms with Crippen LogP contribution in [0.5, 0.6) is 51.7 Å². The smallest absolute Gasteiger partial charge is 0.235 e. The molecule has 15 rings (SSSR count). The molecule has 0 bridgehead atoms. The summed E-state index contributed by atoms with van der Waals surface area (Å²) in [5.41, 5.74) is 7.07. The van der Waals surface area contributed by atoms with Crippen LogP contribution in [0.15, 0.2) is 265 Å². The minimum absolute atomic E-state index is 0.106. The molecule has 28 heteroatoms. The van der Waals surface area contributed by atoms with Crippen LogP contribution in [-0.4, -0.2) is 131 Å². The van der Waals surface area contributed by atoms with Gasteiger partial charge in [0.1, 0.15) is 90.9 Å². The Balaban J connectivity index is 0.533. The van der Waals surface area contributed by atoms with Gasteiger partial charge >= 0.3 is 0 Å². The fourth-order valence-corrected chi connectivity index (χ4v) is 13.1. The topological polar surface area (TPSA) is 297 Å². The first-order valence-corrected chi connectivity index (χ1v) is 38.3. The van der Waals surface area contributed by atoms with E-state index in [0.717, 1.165) is 16.7 Å². The summed E-state index contributed by atoms with van der Waals surface area (Å²) in [6.07, 6.45) is 5.65. The summed E-state index contributed by atoms with van der Waals surface area (Å²) in [4.78, 5) is 43.6. The molecule has 0 atom stereocenters. The summed E-state index contributed by atoms with van der Waals surface area (Å²) >= 11 is 0. The third-order valence-electron chi connectivity index (χ3n) is 19.0. The number of hydrogen-bond acceptors (Lipinski definition) is 25. The molecule has 0 fully saturated rings. The molecule has 0 radical (unpaired) electrons. The monoisotopic (exact) mass is 1590 g/mol. The largest absolute Gasteiger partial charge is 0.497 e. The lowest BCUT2D eigenvalue weighted by atomic mass is 10.1. The van der Waals surface area contributed by atoms with Crippen LogP contribution in [0, 0.1) is 0 Å². The molecule has 6 heterocycles. The van der Waals surface area contributed by atoms with Gasteiger partial charge in [-0.25, -0.2) is 14.0 Å². The molecule has 0 amide bonds. The van der Waals surface area contributed by atoms with Crippen LogP contribution in [0.1, 0.15) is 33.8 Å². The van der Waals surface area contributed by atoms with Crippen molar-refractivity contribution in [2.75, 3.05) is 80.8 Å². The molecule has 28 nitrogen and oxygen atoms in total. The van der Waals surface area contributed by atoms with Crippen LogP contribution >= 0.6 is 0 Å². The minimum Gasteiger partial charge on any atom is -0.497 e. The average Bonchev–Trinajstić information content (AvgIpc) is 0.944. The van der Waals surface area contributed by atoms with Gasteiger partial charge < -0.3 is 70.1 Å². The Morgan fingerprint density at radius 2 is 0.610 bits per heavy atom. The summed E-state index contributed by atoms with van der Waals surface area (Å²) in [5, 5.41) is 28.1. The molecule has 0 aliphatic carbocycles. The van der Waals surface area contributed by atoms with Crippen LogP contribution in [0.2, 0.25) is 0 Å². The van der Waals surface area contributed by atoms with Crippen molar-refractivity contribution in [2.45, 2.75) is 59.1 Å². The zero-order valence-electron chi connectivity index (χ0n) is 65.1. The third kappa shape index (κ3) is 20.4. The zero-order chi connectivity index (χ0) is 80.8. The number of hydrogen-bond donors (Lipinski definition) is 0. The summed E-state index contributed by atoms with van der Waals surface area (Å²) in [5.74, 6) is 5.11. The van der Waals surface area contributed by atoms with E-state index in [1.807, 2.05) is 182 Å². The van der Waals surface area contributed by atoms with Gasteiger partial charge in [-0.15, -0.1) is 15.3 Å². The van der Waals surface area contributed by atoms with E-state index in [-0.39, 0.29) is 73.2 Å². The number of nitrogens with zero attached hydrogens (tertiary/aromatic N) is 10. The number of rotatable bonds is 42. The SMILES string of the molecule is COc1cccc(COc2c(-c3ccc(OCCOCCn4cc(CN(Cc5cn(CCOCCOc6ccc(-c7oc8ccccc8c(=O)c7OCc7cccc(OC)c7)cc6)nn5)Cc5cn(CCOCCOc6ccc(-c7oc8ccccc8c(=O)c7OCc7cccc(OC)c7)cc6)nn5)nn4)cc3)oc3ccccc3c2=O)c1. The highest BCUT2D eigenvalue weighted by Crippen LogP contribution is 2.37. The molecule has 6 aromatic heterocycles. The number of para-hydroxylation sites is 3. The van der Waals surface area contributed by atoms with Gasteiger partial charge in [0.05, 0.1) is 114 Å². The zero-order valence-corrected chi connectivity index (χ0v) is 65.1. The van der Waals surface area contributed by atoms with Gasteiger partial charge in [-0.2, -0.15) is 0 Å². The predicted octanol–water partition coefficient (Wildman–Crippen LogP) is 14.0. The summed E-state index contributed by atoms with van der Waals surface area (Å²) < 4.78 is 95.0. The third-order valence-corrected chi connectivity index (χ3v) is 19.0. The molecule has 0 spiro atoms. The van der Waals surface area contributed by atoms with Crippen molar-refractivity contribution in [1.82, 2.24) is 49.9 Å². The fraction of sp³-hybridized carbons (Fsp3) is 0.233. The Labute approximate surface area is 676 Å². The van der Waals surface area contributed by atoms with E-state index in [1.54, 1.807) is 90.0 Å². The maximum atomic E-state index is 13.8. The average molecular weight is 1590 g/mol. The van der Waals surface area contributed by atoms with Gasteiger partial charge in [0.25, 0.3) is 0 Å². The molecule has 0 aliphatic heterocycles. The highest BCUT2D eigenvalue weighted by Gasteiger charge is 2.24. The second kappa shape index (κ2) is 38.9. The van der Waals surface area contributed by atoms with E-state index in [0.29, 0.717) is 197 Å². The lowest BCUT2D eigenvalue weighted by Crippen LogP contribution is -2.23. The van der Waals surface area contributed by atoms with E-state index in [4.69, 9.17) is 70.1 Å². The Morgan fingerprint density at radius 1 is 0.314 bits per heavy atom. The predicted molar refractivity (Wildman–Crippen MR) is 438 cm³/mol. The maximum Gasteiger partial charge on any atom is 0.235 e. The lowest BCUT2D eigenvalue weighted by molar-refractivity contribution is 0.0923. The molecule has 118 heavy (non-hydrogen) atoms. The molecule has 0 saturated heterocycles. The molecule has 0 aliphatic rings. The second-order valence-corrected chi connectivity index (χ2v) is 27.2. The van der Waals surface area contributed by atoms with Gasteiger partial charge in [0, 0.05) is 54.9 Å². The first kappa shape index (κ1) is 79.3. The normalized spacial score (nSPS) is 11.4. The Kier molecular flexibility index (Phi) is 26.2. The maximum absolute atomic E-state index is 13.8. The van der Waals surface area contributed by atoms with Crippen molar-refractivity contribution in [3.8, 4) is 85.7 Å². The van der Waals surface area contributed by atoms with Crippen molar-refractivity contribution in [2.24, 2.45) is 0 Å². The van der Waals surface area contributed by atoms with E-state index in [1.165, 1.54) is 0 Å². The molecular weight excluding hydrogens is 1510 g/mol. The molecular formula is C90H84N10O18. The van der Waals surface area contributed by atoms with E-state index in [2.05, 4.69) is 35.8 Å². The number of methoxy groups -OCH3 is 3. The van der Waals surface area contributed by atoms with Crippen LogP contribution in [0.3, 0.4) is 0 Å². The first-order chi connectivity index (χ1) is 58.0. The fourth-order valence-electron chi connectivity index (χ4n) is 13.1. The van der Waals surface area contributed by atoms with E-state index >= 15 is 0 Å². The van der Waals surface area contributed by atoms with Crippen molar-refractivity contribution < 1.29 is 70.1 Å². The van der Waals surface area contributed by atoms with Gasteiger partial charge in [-0.05, 0) is 162 Å². The molecule has 9 aromatic carbocycles. The van der Waals surface area contributed by atoms with Gasteiger partial charge in [0.15, 0.2) is 17.3 Å². The number of ether oxygens (including phenoxy) is 12. The second-order valence-electron chi connectivity index (χ2n) is 27.2. The van der Waals surface area contributed by atoms with E-state index < -0.39 is 0 Å². The van der Waals surface area contributed by atoms with Gasteiger partial charge in [-0.3, -0.25) is 19.3 Å². The Bertz CT molecular complexity index is 5460. The van der Waals surface area contributed by atoms with Crippen molar-refractivity contribution >= 4 is 32.9 Å². The molecule has 15 aromatic rings. The molecule has 0 saturated carbocycles. The summed E-state index contributed by atoms with van der Waals surface area (Å²) in [6, 6.07) is 65.5. The van der Waals surface area contributed by atoms with Crippen molar-refractivity contribution in [3.05, 3.63) is 301 Å². The van der Waals surface area contributed by atoms with Crippen LogP contribution in [-0.2, 0) is 73.3 Å². The molecule has 602 valence electrons. The first-order valence-electron chi connectivity index (χ1n) is 38.3. The Hall–Kier alpha value is -13.9. The quantitative estimate of drug-likeness (QED) is 0.0321. The van der Waals surface area contributed by atoms with Gasteiger partial charge in [-0.1, -0.05) is 88.4 Å². The van der Waals surface area contributed by atoms with Crippen molar-refractivity contribution in [1.29, 1.82) is 0 Å². The van der Waals surface area contributed by atoms with Crippen LogP contribution < -0.4 is 58.9 Å². The highest BCUT2D eigenvalue weighted by molar-refractivity contribution is 5.84. The highest BCUT2D eigenvalue weighted by atomic mass is 16.5. The number of aromatic nitrogens is 9. The van der Waals surface area contributed by atoms with Crippen molar-refractivity contribution in [3.63, 3.8) is 0 Å². The van der Waals surface area contributed by atoms with Crippen LogP contribution in [0.4, 0.5) is 0 Å². The molecule has 0 unspecified atom stereocenters. The van der Waals surface area contributed by atoms with E-state index in [9.17, 15) is 14.4 Å². The summed E-state index contributed by atoms with van der Waals surface area (Å²) in [7, 11) is 4.80. The lowest BCUT2D eigenvalue weighted by Gasteiger charge is -2.18. The number of benzene rings is 9. The standard InChI is InChI=1S/C90H84N10O18/c1-104-73-16-10-13-61(49-73)58-113-88-82(101)76-19-4-7-22-79(76)116-85(88)64-25-31-70(32-26-64)110-46-43-107-40-37-98-55-67(91-94-98)52-97(53-68-56-99(95-92-68)38-41-108-44-47-111-71-33-27-65(28-34-71)86-89(83(102)77-20-5-8-23-80(77)117-86)114-59-62-14-11-17-74(50-62)105-2)54-69-57-100(96-93-69)39-42-109-45-48-112-72-35-29-66(30-36-72)87-90(84(103)78-21-6-9-24-81(78)118-87)115-60-63-15-12-18-75(51-63)106-3/h4-36,49-51,55-57H,37-48,52-54,58-60H2,1-3H3. The number of fused-ring (bicyclic) bond motifs is 3. The van der Waals surface area contributed by atoms with Crippen LogP contribution in [0.25, 0.3) is 66.9 Å². The minimum atomic E-state index is -0.273.